The Hall–Kier alpha value is 1.96. The first-order valence-corrected chi connectivity index (χ1v) is 21.8. The van der Waals surface area contributed by atoms with Gasteiger partial charge in [0.25, 0.3) is 0 Å². The summed E-state index contributed by atoms with van der Waals surface area (Å²) in [5.41, 5.74) is 0. The third kappa shape index (κ3) is 40.8. The molecule has 0 rings (SSSR count). The Bertz CT molecular complexity index is 324. The number of rotatable bonds is 8. The third-order valence-corrected chi connectivity index (χ3v) is 14.0. The van der Waals surface area contributed by atoms with Gasteiger partial charge in [0.15, 0.2) is 0 Å². The van der Waals surface area contributed by atoms with Crippen molar-refractivity contribution in [3.05, 3.63) is 14.9 Å². The maximum atomic E-state index is 8.74. The summed E-state index contributed by atoms with van der Waals surface area (Å²) in [7, 11) is -1.75. The molecule has 178 valence electrons. The Morgan fingerprint density at radius 2 is 0.724 bits per heavy atom. The maximum Gasteiger partial charge on any atom is 2.00 e. The van der Waals surface area contributed by atoms with E-state index in [0.717, 1.165) is 0 Å². The van der Waals surface area contributed by atoms with Crippen LogP contribution in [0.25, 0.3) is 0 Å². The van der Waals surface area contributed by atoms with Gasteiger partial charge in [-0.25, -0.2) is 0 Å². The summed E-state index contributed by atoms with van der Waals surface area (Å²) in [6.45, 7) is 14.9. The molecule has 0 saturated carbocycles. The minimum Gasteiger partial charge on any atom is -0.503 e. The second-order valence-corrected chi connectivity index (χ2v) is 23.4. The van der Waals surface area contributed by atoms with Gasteiger partial charge in [-0.15, -0.1) is 0 Å². The van der Waals surface area contributed by atoms with Gasteiger partial charge in [0.2, 0.25) is 0 Å². The van der Waals surface area contributed by atoms with Gasteiger partial charge in [0.1, 0.15) is 0 Å². The first kappa shape index (κ1) is 44.6. The zero-order valence-electron chi connectivity index (χ0n) is 21.4. The molecule has 0 fully saturated rings. The predicted octanol–water partition coefficient (Wildman–Crippen LogP) is 3.39. The van der Waals surface area contributed by atoms with E-state index in [9.17, 15) is 0 Å². The van der Waals surface area contributed by atoms with Crippen LogP contribution in [0, 0.1) is 14.9 Å². The molecule has 0 aliphatic carbocycles. The molecule has 0 aromatic rings. The summed E-state index contributed by atoms with van der Waals surface area (Å²) < 4.78 is 31.5. The molecule has 0 aliphatic rings. The van der Waals surface area contributed by atoms with E-state index >= 15 is 0 Å². The van der Waals surface area contributed by atoms with Crippen LogP contribution in [0.3, 0.4) is 0 Å². The van der Waals surface area contributed by atoms with Crippen LogP contribution in [-0.2, 0) is 50.9 Å². The van der Waals surface area contributed by atoms with Crippen LogP contribution in [0.4, 0.5) is 0 Å². The molecular weight excluding hydrogens is 539 g/mol. The zero-order chi connectivity index (χ0) is 21.8. The molecule has 0 aliphatic heterocycles. The van der Waals surface area contributed by atoms with Crippen molar-refractivity contribution in [2.24, 2.45) is 0 Å². The Kier molecular flexibility index (Phi) is 31.6. The fourth-order valence-electron chi connectivity index (χ4n) is 0.920. The molecule has 0 atom stereocenters. The molecule has 0 saturated heterocycles. The van der Waals surface area contributed by atoms with E-state index < -0.39 is 49.1 Å². The Morgan fingerprint density at radius 3 is 0.828 bits per heavy atom. The molecule has 14 heteroatoms. The molecule has 0 radical (unpaired) electrons. The van der Waals surface area contributed by atoms with Crippen LogP contribution >= 0.6 is 0 Å². The fraction of sp³-hybridized carbons (Fsp3) is 0.867. The van der Waals surface area contributed by atoms with E-state index in [-0.39, 0.29) is 41.1 Å². The van der Waals surface area contributed by atoms with E-state index in [1.54, 1.807) is 40.4 Å². The van der Waals surface area contributed by atoms with Crippen molar-refractivity contribution in [1.82, 2.24) is 0 Å². The molecule has 8 nitrogen and oxygen atoms in total. The number of hydrogen-bond donors (Lipinski definition) is 2. The van der Waals surface area contributed by atoms with Crippen molar-refractivity contribution >= 4 is 49.1 Å². The van der Waals surface area contributed by atoms with Crippen molar-refractivity contribution in [3.8, 4) is 0 Å². The van der Waals surface area contributed by atoms with Crippen molar-refractivity contribution < 1.29 is 60.5 Å². The topological polar surface area (TPSA) is 95.8 Å². The average Bonchev–Trinajstić information content (AvgIpc) is 2.46. The molecular formula is C15H47AlO8Si4Zr. The maximum absolute atomic E-state index is 8.74. The minimum absolute atomic E-state index is 0. The zero-order valence-corrected chi connectivity index (χ0v) is 29.0. The smallest absolute Gasteiger partial charge is 0.503 e. The van der Waals surface area contributed by atoms with E-state index in [2.05, 4.69) is 8.85 Å². The first-order valence-electron chi connectivity index (χ1n) is 8.35. The van der Waals surface area contributed by atoms with Gasteiger partial charge >= 0.3 is 75.3 Å². The average molecular weight is 586 g/mol. The summed E-state index contributed by atoms with van der Waals surface area (Å²) in [5, 5.41) is 0. The summed E-state index contributed by atoms with van der Waals surface area (Å²) in [6, 6.07) is 0. The summed E-state index contributed by atoms with van der Waals surface area (Å²) in [4.78, 5) is 17.5. The van der Waals surface area contributed by atoms with Gasteiger partial charge in [0, 0.05) is 28.4 Å². The Labute approximate surface area is 209 Å². The molecule has 0 spiro atoms. The Morgan fingerprint density at radius 1 is 0.552 bits per heavy atom. The molecule has 0 aromatic carbocycles. The van der Waals surface area contributed by atoms with Gasteiger partial charge < -0.3 is 49.1 Å². The van der Waals surface area contributed by atoms with E-state index in [1.807, 2.05) is 32.0 Å². The predicted molar refractivity (Wildman–Crippen MR) is 129 cm³/mol. The summed E-state index contributed by atoms with van der Waals surface area (Å²) in [6.07, 6.45) is 0. The normalized spacial score (nSPS) is 11.3. The van der Waals surface area contributed by atoms with Crippen LogP contribution in [0.1, 0.15) is 0 Å². The van der Waals surface area contributed by atoms with E-state index in [1.165, 1.54) is 14.2 Å². The number of hydrogen-bond acceptors (Lipinski definition) is 8. The standard InChI is InChI=1S/2C3H10O2Si.2C3H9O2Si.3CH3.Al.Zr/c4*1-5-6(2,3)4;;;;;/h2*4H,1-3H3;2*1-3H3;3*1H3;;/q;;2*-1;;2*-1;2*+2. The van der Waals surface area contributed by atoms with Crippen LogP contribution in [0.2, 0.25) is 58.2 Å². The van der Waals surface area contributed by atoms with Crippen LogP contribution in [-0.4, -0.2) is 87.1 Å². The van der Waals surface area contributed by atoms with Gasteiger partial charge in [-0.2, -0.15) is 0 Å². The van der Waals surface area contributed by atoms with E-state index in [0.29, 0.717) is 0 Å². The molecule has 0 unspecified atom stereocenters. The SMILES string of the molecule is CO[Si](C)(C)O.CO[Si](C)(C)O.CO[Si](C)(C)[O][Al]([CH3])[O][Si](C)(C)OC.[CH3-].[CH3-].[Zr+2]. The molecule has 0 aromatic heterocycles. The van der Waals surface area contributed by atoms with Gasteiger partial charge in [0.05, 0.1) is 0 Å². The van der Waals surface area contributed by atoms with Crippen LogP contribution in [0.5, 0.6) is 0 Å². The molecule has 29 heavy (non-hydrogen) atoms. The fourth-order valence-corrected chi connectivity index (χ4v) is 8.71. The van der Waals surface area contributed by atoms with Crippen molar-refractivity contribution in [3.63, 3.8) is 0 Å². The van der Waals surface area contributed by atoms with E-state index in [4.69, 9.17) is 25.4 Å². The largest absolute Gasteiger partial charge is 2.00 e. The molecule has 0 bridgehead atoms. The monoisotopic (exact) mass is 584 g/mol. The minimum atomic E-state index is -2.13. The summed E-state index contributed by atoms with van der Waals surface area (Å²) >= 11 is -1.61. The molecule has 2 N–H and O–H groups in total. The molecule has 0 heterocycles. The van der Waals surface area contributed by atoms with Gasteiger partial charge in [-0.1, -0.05) is 5.79 Å². The van der Waals surface area contributed by atoms with Crippen molar-refractivity contribution in [2.45, 2.75) is 58.2 Å². The second-order valence-electron chi connectivity index (χ2n) is 7.31. The Balaban J connectivity index is -0.0000000748. The quantitative estimate of drug-likeness (QED) is 0.331. The third-order valence-electron chi connectivity index (χ3n) is 2.88. The van der Waals surface area contributed by atoms with Crippen LogP contribution in [0.15, 0.2) is 0 Å². The first-order chi connectivity index (χ1) is 11.3. The van der Waals surface area contributed by atoms with Crippen molar-refractivity contribution in [1.29, 1.82) is 0 Å². The van der Waals surface area contributed by atoms with Crippen LogP contribution < -0.4 is 0 Å². The van der Waals surface area contributed by atoms with Crippen molar-refractivity contribution in [2.75, 3.05) is 28.4 Å². The summed E-state index contributed by atoms with van der Waals surface area (Å²) in [5.74, 6) is 2.02. The van der Waals surface area contributed by atoms with Gasteiger partial charge in [-0.05, 0) is 52.4 Å². The van der Waals surface area contributed by atoms with Gasteiger partial charge in [-0.3, -0.25) is 0 Å². The molecule has 0 amide bonds. The second kappa shape index (κ2) is 20.6.